The van der Waals surface area contributed by atoms with Crippen LogP contribution in [0.2, 0.25) is 0 Å². The largest absolute Gasteiger partial charge is 0.319 e. The van der Waals surface area contributed by atoms with Crippen LogP contribution in [0.3, 0.4) is 0 Å². The zero-order valence-electron chi connectivity index (χ0n) is 8.88. The molecule has 2 N–H and O–H groups in total. The summed E-state index contributed by atoms with van der Waals surface area (Å²) in [5.41, 5.74) is 8.77. The summed E-state index contributed by atoms with van der Waals surface area (Å²) in [6.07, 6.45) is 0. The van der Waals surface area contributed by atoms with E-state index in [0.29, 0.717) is 0 Å². The van der Waals surface area contributed by atoms with Crippen molar-refractivity contribution in [3.63, 3.8) is 0 Å². The minimum atomic E-state index is -0.00926. The summed E-state index contributed by atoms with van der Waals surface area (Å²) in [7, 11) is 0. The molecule has 0 saturated heterocycles. The maximum absolute atomic E-state index is 6.26. The molecule has 2 rings (SSSR count). The van der Waals surface area contributed by atoms with Gasteiger partial charge in [-0.3, -0.25) is 0 Å². The Bertz CT molecular complexity index is 431. The number of rotatable bonds is 2. The molecule has 0 bridgehead atoms. The van der Waals surface area contributed by atoms with Crippen LogP contribution in [0.5, 0.6) is 0 Å². The maximum Gasteiger partial charge on any atom is 0.0740 e. The molecule has 0 unspecified atom stereocenters. The standard InChI is InChI=1S/C11H11Br2NS2/c1-5-3-7(15-10(5)12)9(14)8-4-6(2)11(13)16-8/h3-4,9H,14H2,1-2H3. The lowest BCUT2D eigenvalue weighted by Gasteiger charge is -2.05. The van der Waals surface area contributed by atoms with Gasteiger partial charge in [-0.25, -0.2) is 0 Å². The number of aryl methyl sites for hydroxylation is 2. The van der Waals surface area contributed by atoms with Crippen LogP contribution < -0.4 is 5.73 Å². The van der Waals surface area contributed by atoms with Gasteiger partial charge in [0.15, 0.2) is 0 Å². The lowest BCUT2D eigenvalue weighted by molar-refractivity contribution is 0.915. The van der Waals surface area contributed by atoms with Gasteiger partial charge < -0.3 is 5.73 Å². The van der Waals surface area contributed by atoms with E-state index >= 15 is 0 Å². The molecule has 0 fully saturated rings. The molecule has 0 aliphatic carbocycles. The van der Waals surface area contributed by atoms with Crippen LogP contribution >= 0.6 is 54.5 Å². The molecule has 2 aromatic heterocycles. The fourth-order valence-electron chi connectivity index (χ4n) is 1.41. The van der Waals surface area contributed by atoms with Crippen LogP contribution in [0.1, 0.15) is 26.9 Å². The minimum Gasteiger partial charge on any atom is -0.319 e. The number of nitrogens with two attached hydrogens (primary N) is 1. The minimum absolute atomic E-state index is 0.00926. The molecular weight excluding hydrogens is 370 g/mol. The van der Waals surface area contributed by atoms with Crippen LogP contribution in [0.25, 0.3) is 0 Å². The summed E-state index contributed by atoms with van der Waals surface area (Å²) in [5, 5.41) is 0. The Labute approximate surface area is 120 Å². The van der Waals surface area contributed by atoms with E-state index in [1.54, 1.807) is 22.7 Å². The van der Waals surface area contributed by atoms with Crippen molar-refractivity contribution in [3.05, 3.63) is 40.6 Å². The second kappa shape index (κ2) is 4.90. The molecule has 0 amide bonds. The topological polar surface area (TPSA) is 26.0 Å². The average Bonchev–Trinajstić information content (AvgIpc) is 2.72. The smallest absolute Gasteiger partial charge is 0.0740 e. The van der Waals surface area contributed by atoms with Crippen molar-refractivity contribution in [2.45, 2.75) is 19.9 Å². The fraction of sp³-hybridized carbons (Fsp3) is 0.273. The monoisotopic (exact) mass is 379 g/mol. The average molecular weight is 381 g/mol. The van der Waals surface area contributed by atoms with Crippen molar-refractivity contribution >= 4 is 54.5 Å². The zero-order valence-corrected chi connectivity index (χ0v) is 13.7. The summed E-state index contributed by atoms with van der Waals surface area (Å²) >= 11 is 10.5. The summed E-state index contributed by atoms with van der Waals surface area (Å²) in [5.74, 6) is 0. The maximum atomic E-state index is 6.26. The molecule has 2 heterocycles. The molecule has 1 nitrogen and oxygen atoms in total. The first-order valence-electron chi connectivity index (χ1n) is 4.76. The van der Waals surface area contributed by atoms with Gasteiger partial charge in [0.25, 0.3) is 0 Å². The molecule has 0 aliphatic rings. The summed E-state index contributed by atoms with van der Waals surface area (Å²) in [4.78, 5) is 2.41. The first kappa shape index (κ1) is 12.8. The Morgan fingerprint density at radius 3 is 1.62 bits per heavy atom. The molecule has 0 spiro atoms. The van der Waals surface area contributed by atoms with Gasteiger partial charge in [-0.15, -0.1) is 22.7 Å². The zero-order chi connectivity index (χ0) is 11.9. The number of halogens is 2. The normalized spacial score (nSPS) is 11.4. The van der Waals surface area contributed by atoms with E-state index in [1.165, 1.54) is 28.5 Å². The van der Waals surface area contributed by atoms with Crippen molar-refractivity contribution < 1.29 is 0 Å². The highest BCUT2D eigenvalue weighted by Gasteiger charge is 2.16. The SMILES string of the molecule is Cc1cc(C(N)c2cc(C)c(Br)s2)sc1Br. The molecule has 0 radical (unpaired) electrons. The highest BCUT2D eigenvalue weighted by atomic mass is 79.9. The van der Waals surface area contributed by atoms with Gasteiger partial charge in [-0.1, -0.05) is 0 Å². The summed E-state index contributed by atoms with van der Waals surface area (Å²) in [6, 6.07) is 4.30. The van der Waals surface area contributed by atoms with Gasteiger partial charge in [0.2, 0.25) is 0 Å². The molecule has 2 aromatic rings. The van der Waals surface area contributed by atoms with Crippen LogP contribution in [0.15, 0.2) is 19.7 Å². The van der Waals surface area contributed by atoms with E-state index in [-0.39, 0.29) is 6.04 Å². The predicted octanol–water partition coefficient (Wildman–Crippen LogP) is 5.00. The number of thiophene rings is 2. The molecule has 0 aliphatic heterocycles. The Kier molecular flexibility index (Phi) is 3.91. The highest BCUT2D eigenvalue weighted by molar-refractivity contribution is 9.11. The van der Waals surface area contributed by atoms with E-state index in [4.69, 9.17) is 5.73 Å². The summed E-state index contributed by atoms with van der Waals surface area (Å²) in [6.45, 7) is 4.18. The Morgan fingerprint density at radius 2 is 1.38 bits per heavy atom. The van der Waals surface area contributed by atoms with Gasteiger partial charge in [-0.05, 0) is 69.0 Å². The molecule has 16 heavy (non-hydrogen) atoms. The lowest BCUT2D eigenvalue weighted by Crippen LogP contribution is -2.08. The second-order valence-electron chi connectivity index (χ2n) is 3.69. The van der Waals surface area contributed by atoms with E-state index < -0.39 is 0 Å². The molecule has 86 valence electrons. The van der Waals surface area contributed by atoms with Gasteiger partial charge in [0, 0.05) is 9.75 Å². The van der Waals surface area contributed by atoms with Crippen LogP contribution in [-0.2, 0) is 0 Å². The molecule has 5 heteroatoms. The highest BCUT2D eigenvalue weighted by Crippen LogP contribution is 2.37. The Balaban J connectivity index is 2.34. The summed E-state index contributed by atoms with van der Waals surface area (Å²) < 4.78 is 2.34. The van der Waals surface area contributed by atoms with Crippen LogP contribution in [0, 0.1) is 13.8 Å². The van der Waals surface area contributed by atoms with Gasteiger partial charge >= 0.3 is 0 Å². The number of hydrogen-bond acceptors (Lipinski definition) is 3. The number of hydrogen-bond donors (Lipinski definition) is 1. The lowest BCUT2D eigenvalue weighted by atomic mass is 10.2. The van der Waals surface area contributed by atoms with E-state index in [0.717, 1.165) is 0 Å². The Morgan fingerprint density at radius 1 is 1.00 bits per heavy atom. The first-order valence-corrected chi connectivity index (χ1v) is 7.98. The molecular formula is C11H11Br2NS2. The van der Waals surface area contributed by atoms with Crippen molar-refractivity contribution in [2.75, 3.05) is 0 Å². The van der Waals surface area contributed by atoms with Crippen molar-refractivity contribution in [3.8, 4) is 0 Å². The molecule has 0 saturated carbocycles. The third kappa shape index (κ3) is 2.43. The van der Waals surface area contributed by atoms with Gasteiger partial charge in [0.05, 0.1) is 13.6 Å². The van der Waals surface area contributed by atoms with Crippen molar-refractivity contribution in [2.24, 2.45) is 5.73 Å². The van der Waals surface area contributed by atoms with Crippen molar-refractivity contribution in [1.29, 1.82) is 0 Å². The van der Waals surface area contributed by atoms with Crippen LogP contribution in [0.4, 0.5) is 0 Å². The Hall–Kier alpha value is 0.320. The quantitative estimate of drug-likeness (QED) is 0.779. The van der Waals surface area contributed by atoms with Crippen LogP contribution in [-0.4, -0.2) is 0 Å². The predicted molar refractivity (Wildman–Crippen MR) is 79.5 cm³/mol. The molecule has 0 aromatic carbocycles. The van der Waals surface area contributed by atoms with Crippen molar-refractivity contribution in [1.82, 2.24) is 0 Å². The molecule has 0 atom stereocenters. The first-order chi connectivity index (χ1) is 7.49. The third-order valence-electron chi connectivity index (χ3n) is 2.37. The van der Waals surface area contributed by atoms with Gasteiger partial charge in [-0.2, -0.15) is 0 Å². The third-order valence-corrected chi connectivity index (χ3v) is 6.80. The van der Waals surface area contributed by atoms with E-state index in [2.05, 4.69) is 57.8 Å². The fourth-order valence-corrected chi connectivity index (χ4v) is 4.67. The second-order valence-corrected chi connectivity index (χ2v) is 8.49. The van der Waals surface area contributed by atoms with E-state index in [9.17, 15) is 0 Å². The van der Waals surface area contributed by atoms with E-state index in [1.807, 2.05) is 0 Å². The van der Waals surface area contributed by atoms with Gasteiger partial charge in [0.1, 0.15) is 0 Å².